The zero-order chi connectivity index (χ0) is 21.5. The van der Waals surface area contributed by atoms with E-state index in [1.807, 2.05) is 6.07 Å². The summed E-state index contributed by atoms with van der Waals surface area (Å²) in [6.45, 7) is 4.27. The number of ketones is 1. The molecule has 1 aliphatic carbocycles. The van der Waals surface area contributed by atoms with Gasteiger partial charge in [0.15, 0.2) is 11.5 Å². The molecule has 3 heterocycles. The van der Waals surface area contributed by atoms with Gasteiger partial charge < -0.3 is 14.2 Å². The summed E-state index contributed by atoms with van der Waals surface area (Å²) in [7, 11) is 0. The summed E-state index contributed by atoms with van der Waals surface area (Å²) in [5.74, 6) is 2.41. The molecule has 0 bridgehead atoms. The van der Waals surface area contributed by atoms with Gasteiger partial charge in [-0.3, -0.25) is 9.36 Å². The van der Waals surface area contributed by atoms with Gasteiger partial charge in [-0.15, -0.1) is 0 Å². The molecule has 2 aliphatic heterocycles. The predicted octanol–water partition coefficient (Wildman–Crippen LogP) is 5.57. The number of ether oxygens (including phenoxy) is 3. The SMILES string of the molecule is C=C1C(Br)=C(F)Oc2cncn2C1CC(=O)C1CCC(c2ccc3c(c2)OCO3)CC1. The van der Waals surface area contributed by atoms with Crippen molar-refractivity contribution in [3.05, 3.63) is 58.9 Å². The van der Waals surface area contributed by atoms with Gasteiger partial charge >= 0.3 is 0 Å². The van der Waals surface area contributed by atoms with Crippen LogP contribution in [0.2, 0.25) is 0 Å². The van der Waals surface area contributed by atoms with E-state index in [0.29, 0.717) is 11.5 Å². The van der Waals surface area contributed by atoms with E-state index in [2.05, 4.69) is 39.6 Å². The maximum absolute atomic E-state index is 14.2. The molecular weight excluding hydrogens is 467 g/mol. The minimum absolute atomic E-state index is 0.0122. The molecule has 1 aromatic carbocycles. The molecule has 0 spiro atoms. The smallest absolute Gasteiger partial charge is 0.294 e. The molecule has 162 valence electrons. The van der Waals surface area contributed by atoms with Gasteiger partial charge in [0.2, 0.25) is 12.7 Å². The van der Waals surface area contributed by atoms with Crippen LogP contribution in [0.25, 0.3) is 0 Å². The van der Waals surface area contributed by atoms with E-state index in [1.165, 1.54) is 11.8 Å². The van der Waals surface area contributed by atoms with Crippen LogP contribution in [-0.2, 0) is 4.79 Å². The molecule has 3 aliphatic rings. The van der Waals surface area contributed by atoms with Crippen LogP contribution in [0.5, 0.6) is 17.4 Å². The summed E-state index contributed by atoms with van der Waals surface area (Å²) in [6, 6.07) is 4.91. The highest BCUT2D eigenvalue weighted by Gasteiger charge is 2.33. The average molecular weight is 489 g/mol. The fourth-order valence-electron chi connectivity index (χ4n) is 4.68. The van der Waals surface area contributed by atoms with Gasteiger partial charge in [-0.05, 0) is 70.8 Å². The fraction of sp³-hybridized carbons (Fsp3) is 0.391. The highest BCUT2D eigenvalue weighted by atomic mass is 79.9. The molecule has 31 heavy (non-hydrogen) atoms. The second-order valence-electron chi connectivity index (χ2n) is 8.20. The molecule has 0 amide bonds. The summed E-state index contributed by atoms with van der Waals surface area (Å²) >= 11 is 3.21. The number of rotatable bonds is 4. The van der Waals surface area contributed by atoms with Crippen LogP contribution >= 0.6 is 15.9 Å². The van der Waals surface area contributed by atoms with Crippen molar-refractivity contribution in [2.24, 2.45) is 5.92 Å². The Hall–Kier alpha value is -2.61. The number of benzene rings is 1. The molecule has 1 fully saturated rings. The van der Waals surface area contributed by atoms with Crippen LogP contribution in [-0.4, -0.2) is 22.1 Å². The van der Waals surface area contributed by atoms with Crippen molar-refractivity contribution in [2.75, 3.05) is 6.79 Å². The molecule has 2 aromatic rings. The minimum Gasteiger partial charge on any atom is -0.454 e. The topological polar surface area (TPSA) is 62.6 Å². The van der Waals surface area contributed by atoms with E-state index in [1.54, 1.807) is 10.9 Å². The summed E-state index contributed by atoms with van der Waals surface area (Å²) in [5, 5.41) is 0. The first-order valence-corrected chi connectivity index (χ1v) is 11.2. The third kappa shape index (κ3) is 3.78. The van der Waals surface area contributed by atoms with E-state index < -0.39 is 12.1 Å². The normalized spacial score (nSPS) is 25.1. The number of fused-ring (bicyclic) bond motifs is 2. The Labute approximate surface area is 187 Å². The number of nitrogens with zero attached hydrogens (tertiary/aromatic N) is 2. The van der Waals surface area contributed by atoms with Gasteiger partial charge in [0.25, 0.3) is 6.01 Å². The molecule has 0 radical (unpaired) electrons. The van der Waals surface area contributed by atoms with Crippen molar-refractivity contribution in [3.8, 4) is 17.4 Å². The standard InChI is InChI=1S/C23H22BrFN2O4/c1-13-17(27-11-26-10-21(27)31-23(25)22(13)24)9-18(28)15-4-2-14(3-5-15)16-6-7-19-20(8-16)30-12-29-19/h6-8,10-11,14-15,17H,1-5,9,12H2. The van der Waals surface area contributed by atoms with Crippen molar-refractivity contribution in [3.63, 3.8) is 0 Å². The summed E-state index contributed by atoms with van der Waals surface area (Å²) < 4.78 is 32.1. The summed E-state index contributed by atoms with van der Waals surface area (Å²) in [4.78, 5) is 17.2. The van der Waals surface area contributed by atoms with Gasteiger partial charge in [-0.1, -0.05) is 12.6 Å². The van der Waals surface area contributed by atoms with Crippen molar-refractivity contribution >= 4 is 21.7 Å². The van der Waals surface area contributed by atoms with Crippen LogP contribution in [0, 0.1) is 5.92 Å². The fourth-order valence-corrected chi connectivity index (χ4v) is 5.02. The number of carbonyl (C=O) groups excluding carboxylic acids is 1. The van der Waals surface area contributed by atoms with Crippen molar-refractivity contribution in [2.45, 2.75) is 44.1 Å². The molecule has 0 N–H and O–H groups in total. The second-order valence-corrected chi connectivity index (χ2v) is 8.99. The molecule has 1 saturated carbocycles. The molecule has 0 saturated heterocycles. The zero-order valence-corrected chi connectivity index (χ0v) is 18.4. The Morgan fingerprint density at radius 3 is 2.81 bits per heavy atom. The number of imidazole rings is 1. The number of Topliss-reactive ketones (excluding diaryl/α,β-unsaturated/α-hetero) is 1. The monoisotopic (exact) mass is 488 g/mol. The Kier molecular flexibility index (Phi) is 5.33. The molecule has 1 atom stereocenters. The number of hydrogen-bond acceptors (Lipinski definition) is 5. The first kappa shape index (κ1) is 20.3. The van der Waals surface area contributed by atoms with Crippen LogP contribution < -0.4 is 14.2 Å². The molecule has 1 aromatic heterocycles. The molecule has 6 nitrogen and oxygen atoms in total. The quantitative estimate of drug-likeness (QED) is 0.562. The van der Waals surface area contributed by atoms with Crippen LogP contribution in [0.15, 0.2) is 53.4 Å². The van der Waals surface area contributed by atoms with Gasteiger partial charge in [-0.25, -0.2) is 4.98 Å². The third-order valence-corrected chi connectivity index (χ3v) is 7.28. The zero-order valence-electron chi connectivity index (χ0n) is 16.9. The highest BCUT2D eigenvalue weighted by Crippen LogP contribution is 2.43. The minimum atomic E-state index is -0.772. The summed E-state index contributed by atoms with van der Waals surface area (Å²) in [5.41, 5.74) is 1.70. The van der Waals surface area contributed by atoms with E-state index in [-0.39, 0.29) is 35.3 Å². The van der Waals surface area contributed by atoms with Crippen molar-refractivity contribution in [1.29, 1.82) is 0 Å². The Balaban J connectivity index is 1.25. The summed E-state index contributed by atoms with van der Waals surface area (Å²) in [6.07, 6.45) is 6.76. The lowest BCUT2D eigenvalue weighted by molar-refractivity contribution is -0.124. The number of carbonyl (C=O) groups is 1. The van der Waals surface area contributed by atoms with Crippen molar-refractivity contribution in [1.82, 2.24) is 9.55 Å². The Morgan fingerprint density at radius 1 is 1.23 bits per heavy atom. The van der Waals surface area contributed by atoms with E-state index in [9.17, 15) is 9.18 Å². The van der Waals surface area contributed by atoms with E-state index in [0.717, 1.165) is 37.2 Å². The van der Waals surface area contributed by atoms with Gasteiger partial charge in [-0.2, -0.15) is 4.39 Å². The van der Waals surface area contributed by atoms with Gasteiger partial charge in [0.05, 0.1) is 23.0 Å². The third-order valence-electron chi connectivity index (χ3n) is 6.46. The number of allylic oxidation sites excluding steroid dienone is 2. The lowest BCUT2D eigenvalue weighted by Crippen LogP contribution is -2.24. The molecule has 1 unspecified atom stereocenters. The Bertz CT molecular complexity index is 1070. The lowest BCUT2D eigenvalue weighted by Gasteiger charge is -2.29. The maximum atomic E-state index is 14.2. The highest BCUT2D eigenvalue weighted by molar-refractivity contribution is 9.12. The van der Waals surface area contributed by atoms with Gasteiger partial charge in [0.1, 0.15) is 5.78 Å². The Morgan fingerprint density at radius 2 is 2.00 bits per heavy atom. The van der Waals surface area contributed by atoms with E-state index >= 15 is 0 Å². The average Bonchev–Trinajstić information content (AvgIpc) is 3.43. The predicted molar refractivity (Wildman–Crippen MR) is 115 cm³/mol. The van der Waals surface area contributed by atoms with Gasteiger partial charge in [0, 0.05) is 12.3 Å². The molecule has 5 rings (SSSR count). The molecule has 8 heteroatoms. The number of aromatic nitrogens is 2. The number of hydrogen-bond donors (Lipinski definition) is 0. The van der Waals surface area contributed by atoms with Crippen molar-refractivity contribution < 1.29 is 23.4 Å². The molecular formula is C23H22BrFN2O4. The number of halogens is 2. The lowest BCUT2D eigenvalue weighted by atomic mass is 9.76. The second kappa shape index (κ2) is 8.15. The van der Waals surface area contributed by atoms with E-state index in [4.69, 9.17) is 14.2 Å². The first-order valence-electron chi connectivity index (χ1n) is 10.4. The first-order chi connectivity index (χ1) is 15.0. The van der Waals surface area contributed by atoms with Crippen LogP contribution in [0.4, 0.5) is 4.39 Å². The maximum Gasteiger partial charge on any atom is 0.294 e. The van der Waals surface area contributed by atoms with Crippen LogP contribution in [0.3, 0.4) is 0 Å². The van der Waals surface area contributed by atoms with Crippen LogP contribution in [0.1, 0.15) is 49.6 Å². The largest absolute Gasteiger partial charge is 0.454 e.